The summed E-state index contributed by atoms with van der Waals surface area (Å²) in [5, 5.41) is -0.0537. The van der Waals surface area contributed by atoms with Crippen LogP contribution in [0.4, 0.5) is 0 Å². The molecule has 0 radical (unpaired) electrons. The van der Waals surface area contributed by atoms with E-state index >= 15 is 0 Å². The third-order valence-electron chi connectivity index (χ3n) is 1.26. The fraction of sp³-hybridized carbons (Fsp3) is 0.167. The van der Waals surface area contributed by atoms with Crippen LogP contribution in [0.15, 0.2) is 17.3 Å². The second kappa shape index (κ2) is 3.69. The fourth-order valence-electron chi connectivity index (χ4n) is 0.692. The van der Waals surface area contributed by atoms with E-state index in [1.165, 1.54) is 7.11 Å². The van der Waals surface area contributed by atoms with Crippen LogP contribution < -0.4 is 4.74 Å². The SMILES string of the molecule is COc1cc(S(=O)(=O)Cl)ncc1Cl. The summed E-state index contributed by atoms with van der Waals surface area (Å²) < 4.78 is 26.4. The third kappa shape index (κ3) is 2.46. The Morgan fingerprint density at radius 3 is 2.62 bits per heavy atom. The molecule has 0 aliphatic carbocycles. The second-order valence-electron chi connectivity index (χ2n) is 2.09. The molecule has 1 aromatic rings. The first-order valence-corrected chi connectivity index (χ1v) is 5.78. The van der Waals surface area contributed by atoms with E-state index in [2.05, 4.69) is 4.98 Å². The molecule has 0 bridgehead atoms. The first-order valence-electron chi connectivity index (χ1n) is 3.09. The average molecular weight is 242 g/mol. The number of halogens is 2. The van der Waals surface area contributed by atoms with Crippen LogP contribution in [0.5, 0.6) is 5.75 Å². The van der Waals surface area contributed by atoms with Crippen LogP contribution in [0.1, 0.15) is 0 Å². The van der Waals surface area contributed by atoms with E-state index in [0.717, 1.165) is 12.3 Å². The lowest BCUT2D eigenvalue weighted by Gasteiger charge is -2.02. The molecule has 0 amide bonds. The molecule has 72 valence electrons. The first kappa shape index (κ1) is 10.6. The highest BCUT2D eigenvalue weighted by atomic mass is 35.7. The van der Waals surface area contributed by atoms with Crippen molar-refractivity contribution in [2.24, 2.45) is 0 Å². The van der Waals surface area contributed by atoms with Crippen LogP contribution in [-0.2, 0) is 9.05 Å². The number of hydrogen-bond donors (Lipinski definition) is 0. The van der Waals surface area contributed by atoms with Crippen LogP contribution in [0, 0.1) is 0 Å². The van der Waals surface area contributed by atoms with Crippen molar-refractivity contribution in [3.63, 3.8) is 0 Å². The van der Waals surface area contributed by atoms with E-state index in [-0.39, 0.29) is 15.8 Å². The molecule has 0 aliphatic heterocycles. The van der Waals surface area contributed by atoms with Crippen molar-refractivity contribution >= 4 is 31.3 Å². The molecule has 0 unspecified atom stereocenters. The molecule has 0 saturated heterocycles. The highest BCUT2D eigenvalue weighted by Gasteiger charge is 2.14. The summed E-state index contributed by atoms with van der Waals surface area (Å²) in [5.74, 6) is 0.218. The lowest BCUT2D eigenvalue weighted by molar-refractivity contribution is 0.412. The number of ether oxygens (including phenoxy) is 1. The molecule has 0 fully saturated rings. The van der Waals surface area contributed by atoms with Crippen molar-refractivity contribution in [3.05, 3.63) is 17.3 Å². The van der Waals surface area contributed by atoms with Gasteiger partial charge < -0.3 is 4.74 Å². The molecule has 0 spiro atoms. The zero-order valence-corrected chi connectivity index (χ0v) is 8.82. The number of rotatable bonds is 2. The van der Waals surface area contributed by atoms with Gasteiger partial charge in [0.05, 0.1) is 13.3 Å². The van der Waals surface area contributed by atoms with E-state index in [1.807, 2.05) is 0 Å². The third-order valence-corrected chi connectivity index (χ3v) is 2.75. The van der Waals surface area contributed by atoms with Gasteiger partial charge in [0.25, 0.3) is 9.05 Å². The molecule has 7 heteroatoms. The molecule has 4 nitrogen and oxygen atoms in total. The summed E-state index contributed by atoms with van der Waals surface area (Å²) in [6.07, 6.45) is 1.16. The minimum Gasteiger partial charge on any atom is -0.495 e. The van der Waals surface area contributed by atoms with Gasteiger partial charge in [-0.25, -0.2) is 13.4 Å². The number of pyridine rings is 1. The normalized spacial score (nSPS) is 11.3. The zero-order chi connectivity index (χ0) is 10.1. The Kier molecular flexibility index (Phi) is 3.00. The van der Waals surface area contributed by atoms with E-state index in [0.29, 0.717) is 0 Å². The average Bonchev–Trinajstić information content (AvgIpc) is 2.03. The van der Waals surface area contributed by atoms with Crippen LogP contribution in [0.25, 0.3) is 0 Å². The van der Waals surface area contributed by atoms with Gasteiger partial charge in [-0.05, 0) is 0 Å². The quantitative estimate of drug-likeness (QED) is 0.740. The van der Waals surface area contributed by atoms with Gasteiger partial charge in [0.2, 0.25) is 0 Å². The molecule has 0 atom stereocenters. The summed E-state index contributed by atoms with van der Waals surface area (Å²) >= 11 is 5.62. The van der Waals surface area contributed by atoms with Crippen molar-refractivity contribution in [3.8, 4) is 5.75 Å². The zero-order valence-electron chi connectivity index (χ0n) is 6.49. The molecule has 1 aromatic heterocycles. The van der Waals surface area contributed by atoms with Crippen LogP contribution in [0.3, 0.4) is 0 Å². The Balaban J connectivity index is 3.30. The minimum atomic E-state index is -3.83. The van der Waals surface area contributed by atoms with E-state index in [9.17, 15) is 8.42 Å². The van der Waals surface area contributed by atoms with E-state index < -0.39 is 9.05 Å². The van der Waals surface area contributed by atoms with Crippen LogP contribution in [-0.4, -0.2) is 20.5 Å². The van der Waals surface area contributed by atoms with Gasteiger partial charge in [-0.15, -0.1) is 0 Å². The molecule has 0 saturated carbocycles. The summed E-state index contributed by atoms with van der Waals surface area (Å²) in [6, 6.07) is 1.16. The highest BCUT2D eigenvalue weighted by Crippen LogP contribution is 2.26. The van der Waals surface area contributed by atoms with E-state index in [4.69, 9.17) is 27.0 Å². The van der Waals surface area contributed by atoms with Gasteiger partial charge in [0.15, 0.2) is 5.03 Å². The maximum absolute atomic E-state index is 10.8. The maximum Gasteiger partial charge on any atom is 0.278 e. The molecule has 1 rings (SSSR count). The van der Waals surface area contributed by atoms with Gasteiger partial charge in [-0.2, -0.15) is 0 Å². The summed E-state index contributed by atoms with van der Waals surface area (Å²) in [4.78, 5) is 3.53. The van der Waals surface area contributed by atoms with Gasteiger partial charge >= 0.3 is 0 Å². The monoisotopic (exact) mass is 241 g/mol. The van der Waals surface area contributed by atoms with E-state index in [1.54, 1.807) is 0 Å². The number of hydrogen-bond acceptors (Lipinski definition) is 4. The fourth-order valence-corrected chi connectivity index (χ4v) is 1.55. The molecule has 1 heterocycles. The molecule has 0 aromatic carbocycles. The lowest BCUT2D eigenvalue weighted by Crippen LogP contribution is -1.96. The number of methoxy groups -OCH3 is 1. The Bertz CT molecular complexity index is 418. The molecule has 0 aliphatic rings. The standard InChI is InChI=1S/C6H5Cl2NO3S/c1-12-5-2-6(13(8,10)11)9-3-4(5)7/h2-3H,1H3. The largest absolute Gasteiger partial charge is 0.495 e. The first-order chi connectivity index (χ1) is 5.95. The second-order valence-corrected chi connectivity index (χ2v) is 5.01. The van der Waals surface area contributed by atoms with Crippen molar-refractivity contribution in [1.29, 1.82) is 0 Å². The summed E-state index contributed by atoms with van der Waals surface area (Å²) in [6.45, 7) is 0. The van der Waals surface area contributed by atoms with Crippen molar-refractivity contribution in [2.75, 3.05) is 7.11 Å². The minimum absolute atomic E-state index is 0.218. The van der Waals surface area contributed by atoms with Crippen LogP contribution >= 0.6 is 22.3 Å². The summed E-state index contributed by atoms with van der Waals surface area (Å²) in [5.41, 5.74) is 0. The van der Waals surface area contributed by atoms with Gasteiger partial charge in [-0.3, -0.25) is 0 Å². The summed E-state index contributed by atoms with van der Waals surface area (Å²) in [7, 11) is 2.59. The molecular formula is C6H5Cl2NO3S. The highest BCUT2D eigenvalue weighted by molar-refractivity contribution is 8.13. The van der Waals surface area contributed by atoms with Crippen molar-refractivity contribution < 1.29 is 13.2 Å². The predicted molar refractivity (Wildman–Crippen MR) is 48.8 cm³/mol. The van der Waals surface area contributed by atoms with Gasteiger partial charge in [-0.1, -0.05) is 11.6 Å². The Hall–Kier alpha value is -0.520. The topological polar surface area (TPSA) is 56.3 Å². The molecular weight excluding hydrogens is 237 g/mol. The van der Waals surface area contributed by atoms with Gasteiger partial charge in [0, 0.05) is 16.7 Å². The Morgan fingerprint density at radius 1 is 1.54 bits per heavy atom. The van der Waals surface area contributed by atoms with Crippen LogP contribution in [0.2, 0.25) is 5.02 Å². The van der Waals surface area contributed by atoms with Crippen molar-refractivity contribution in [2.45, 2.75) is 5.03 Å². The molecule has 0 N–H and O–H groups in total. The number of nitrogens with zero attached hydrogens (tertiary/aromatic N) is 1. The Morgan fingerprint density at radius 2 is 2.15 bits per heavy atom. The van der Waals surface area contributed by atoms with Gasteiger partial charge in [0.1, 0.15) is 10.8 Å². The predicted octanol–water partition coefficient (Wildman–Crippen LogP) is 1.67. The lowest BCUT2D eigenvalue weighted by atomic mass is 10.4. The number of aromatic nitrogens is 1. The van der Waals surface area contributed by atoms with Crippen molar-refractivity contribution in [1.82, 2.24) is 4.98 Å². The molecule has 13 heavy (non-hydrogen) atoms. The smallest absolute Gasteiger partial charge is 0.278 e. The Labute approximate surface area is 84.9 Å². The maximum atomic E-state index is 10.8.